The molecular weight excluding hydrogens is 321 g/mol. The Morgan fingerprint density at radius 3 is 2.45 bits per heavy atom. The van der Waals surface area contributed by atoms with Gasteiger partial charge in [-0.25, -0.2) is 13.4 Å². The lowest BCUT2D eigenvalue weighted by Crippen LogP contribution is -2.47. The molecule has 0 radical (unpaired) electrons. The highest BCUT2D eigenvalue weighted by molar-refractivity contribution is 7.91. The third kappa shape index (κ3) is 3.57. The summed E-state index contributed by atoms with van der Waals surface area (Å²) in [6, 6.07) is 1.78. The summed E-state index contributed by atoms with van der Waals surface area (Å²) in [5.74, 6) is -0.828. The summed E-state index contributed by atoms with van der Waals surface area (Å²) in [7, 11) is -3.20. The summed E-state index contributed by atoms with van der Waals surface area (Å²) in [6.07, 6.45) is -4.31. The van der Waals surface area contributed by atoms with E-state index in [1.165, 1.54) is 6.92 Å². The Bertz CT molecular complexity index is 716. The molecule has 122 valence electrons. The Balaban J connectivity index is 2.21. The molecule has 1 atom stereocenters. The van der Waals surface area contributed by atoms with E-state index in [1.54, 1.807) is 6.92 Å². The molecule has 1 aliphatic heterocycles. The molecule has 1 aromatic rings. The van der Waals surface area contributed by atoms with Crippen molar-refractivity contribution < 1.29 is 26.4 Å². The molecule has 22 heavy (non-hydrogen) atoms. The number of halogens is 3. The molecule has 5 nitrogen and oxygen atoms in total. The average Bonchev–Trinajstić information content (AvgIpc) is 2.61. The second-order valence-electron chi connectivity index (χ2n) is 5.68. The van der Waals surface area contributed by atoms with E-state index in [-0.39, 0.29) is 29.2 Å². The third-order valence-electron chi connectivity index (χ3n) is 3.54. The highest BCUT2D eigenvalue weighted by Crippen LogP contribution is 2.28. The smallest absolute Gasteiger partial charge is 0.346 e. The summed E-state index contributed by atoms with van der Waals surface area (Å²) in [4.78, 5) is 15.6. The van der Waals surface area contributed by atoms with E-state index < -0.39 is 33.2 Å². The second-order valence-corrected chi connectivity index (χ2v) is 7.87. The molecule has 1 amide bonds. The summed E-state index contributed by atoms with van der Waals surface area (Å²) < 4.78 is 60.6. The molecule has 0 bridgehead atoms. The topological polar surface area (TPSA) is 76.1 Å². The van der Waals surface area contributed by atoms with Crippen LogP contribution in [-0.2, 0) is 16.0 Å². The molecule has 1 aromatic heterocycles. The van der Waals surface area contributed by atoms with Gasteiger partial charge in [-0.2, -0.15) is 13.2 Å². The molecule has 1 fully saturated rings. The highest BCUT2D eigenvalue weighted by atomic mass is 32.2. The SMILES string of the molecule is Cc1nc(C(F)(F)F)ccc1C(=O)N[C@@]1(C)CCS(=O)(=O)C1. The number of sulfone groups is 1. The Morgan fingerprint density at radius 1 is 1.36 bits per heavy atom. The van der Waals surface area contributed by atoms with Crippen LogP contribution in [0.5, 0.6) is 0 Å². The van der Waals surface area contributed by atoms with Crippen molar-refractivity contribution in [1.82, 2.24) is 10.3 Å². The zero-order valence-corrected chi connectivity index (χ0v) is 12.8. The number of rotatable bonds is 2. The van der Waals surface area contributed by atoms with Gasteiger partial charge in [0.1, 0.15) is 5.69 Å². The molecular formula is C13H15F3N2O3S. The first kappa shape index (κ1) is 16.7. The van der Waals surface area contributed by atoms with Crippen molar-refractivity contribution in [1.29, 1.82) is 0 Å². The van der Waals surface area contributed by atoms with Crippen LogP contribution in [0, 0.1) is 6.92 Å². The Kier molecular flexibility index (Phi) is 3.97. The van der Waals surface area contributed by atoms with Crippen LogP contribution in [0.15, 0.2) is 12.1 Å². The molecule has 0 aliphatic carbocycles. The van der Waals surface area contributed by atoms with Gasteiger partial charge in [0, 0.05) is 0 Å². The Morgan fingerprint density at radius 2 is 2.00 bits per heavy atom. The molecule has 2 rings (SSSR count). The second kappa shape index (κ2) is 5.22. The van der Waals surface area contributed by atoms with Crippen LogP contribution < -0.4 is 5.32 Å². The maximum absolute atomic E-state index is 12.5. The average molecular weight is 336 g/mol. The van der Waals surface area contributed by atoms with Crippen molar-refractivity contribution >= 4 is 15.7 Å². The lowest BCUT2D eigenvalue weighted by atomic mass is 10.0. The number of hydrogen-bond acceptors (Lipinski definition) is 4. The highest BCUT2D eigenvalue weighted by Gasteiger charge is 2.40. The van der Waals surface area contributed by atoms with Crippen molar-refractivity contribution in [3.05, 3.63) is 29.1 Å². The standard InChI is InChI=1S/C13H15F3N2O3S/c1-8-9(3-4-10(17-8)13(14,15)16)11(19)18-12(2)5-6-22(20,21)7-12/h3-4H,5-7H2,1-2H3,(H,18,19)/t12-/m0/s1. The maximum atomic E-state index is 12.5. The van der Waals surface area contributed by atoms with Crippen LogP contribution >= 0.6 is 0 Å². The van der Waals surface area contributed by atoms with Crippen molar-refractivity contribution in [2.45, 2.75) is 32.0 Å². The molecule has 1 N–H and O–H groups in total. The maximum Gasteiger partial charge on any atom is 0.433 e. The number of hydrogen-bond donors (Lipinski definition) is 1. The molecule has 9 heteroatoms. The van der Waals surface area contributed by atoms with Gasteiger partial charge in [-0.3, -0.25) is 4.79 Å². The summed E-state index contributed by atoms with van der Waals surface area (Å²) in [6.45, 7) is 2.90. The van der Waals surface area contributed by atoms with Crippen molar-refractivity contribution in [3.8, 4) is 0 Å². The van der Waals surface area contributed by atoms with Crippen molar-refractivity contribution in [2.75, 3.05) is 11.5 Å². The molecule has 0 spiro atoms. The van der Waals surface area contributed by atoms with Crippen molar-refractivity contribution in [2.24, 2.45) is 0 Å². The number of pyridine rings is 1. The van der Waals surface area contributed by atoms with E-state index in [2.05, 4.69) is 10.3 Å². The van der Waals surface area contributed by atoms with Gasteiger partial charge in [-0.15, -0.1) is 0 Å². The first-order valence-electron chi connectivity index (χ1n) is 6.50. The number of nitrogens with zero attached hydrogens (tertiary/aromatic N) is 1. The fraction of sp³-hybridized carbons (Fsp3) is 0.538. The summed E-state index contributed by atoms with van der Waals surface area (Å²) in [5, 5.41) is 2.59. The number of aromatic nitrogens is 1. The first-order valence-corrected chi connectivity index (χ1v) is 8.32. The quantitative estimate of drug-likeness (QED) is 0.892. The zero-order valence-electron chi connectivity index (χ0n) is 12.0. The van der Waals surface area contributed by atoms with Gasteiger partial charge in [0.2, 0.25) is 0 Å². The Hall–Kier alpha value is -1.64. The van der Waals surface area contributed by atoms with Gasteiger partial charge < -0.3 is 5.32 Å². The largest absolute Gasteiger partial charge is 0.433 e. The normalized spacial score (nSPS) is 24.2. The van der Waals surface area contributed by atoms with Gasteiger partial charge in [0.15, 0.2) is 9.84 Å². The van der Waals surface area contributed by atoms with Crippen LogP contribution in [0.4, 0.5) is 13.2 Å². The molecule has 0 aromatic carbocycles. The monoisotopic (exact) mass is 336 g/mol. The number of alkyl halides is 3. The van der Waals surface area contributed by atoms with E-state index in [0.29, 0.717) is 0 Å². The van der Waals surface area contributed by atoms with Crippen LogP contribution in [0.3, 0.4) is 0 Å². The number of carbonyl (C=O) groups is 1. The van der Waals surface area contributed by atoms with E-state index in [9.17, 15) is 26.4 Å². The van der Waals surface area contributed by atoms with Crippen LogP contribution in [0.1, 0.15) is 35.1 Å². The van der Waals surface area contributed by atoms with Crippen LogP contribution in [0.25, 0.3) is 0 Å². The molecule has 0 saturated carbocycles. The summed E-state index contributed by atoms with van der Waals surface area (Å²) >= 11 is 0. The van der Waals surface area contributed by atoms with Crippen LogP contribution in [-0.4, -0.2) is 36.4 Å². The van der Waals surface area contributed by atoms with E-state index in [4.69, 9.17) is 0 Å². The zero-order chi connectivity index (χ0) is 16.8. The molecule has 2 heterocycles. The molecule has 1 saturated heterocycles. The minimum Gasteiger partial charge on any atom is -0.346 e. The van der Waals surface area contributed by atoms with Gasteiger partial charge >= 0.3 is 6.18 Å². The van der Waals surface area contributed by atoms with Gasteiger partial charge in [0.25, 0.3) is 5.91 Å². The first-order chi connectivity index (χ1) is 9.92. The number of carbonyl (C=O) groups excluding carboxylic acids is 1. The van der Waals surface area contributed by atoms with Crippen LogP contribution in [0.2, 0.25) is 0 Å². The lowest BCUT2D eigenvalue weighted by Gasteiger charge is -2.24. The predicted octanol–water partition coefficient (Wildman–Crippen LogP) is 1.72. The van der Waals surface area contributed by atoms with E-state index >= 15 is 0 Å². The predicted molar refractivity (Wildman–Crippen MR) is 73.1 cm³/mol. The summed E-state index contributed by atoms with van der Waals surface area (Å²) in [5.41, 5.74) is -2.04. The van der Waals surface area contributed by atoms with Crippen molar-refractivity contribution in [3.63, 3.8) is 0 Å². The van der Waals surface area contributed by atoms with E-state index in [1.807, 2.05) is 0 Å². The minimum atomic E-state index is -4.58. The third-order valence-corrected chi connectivity index (χ3v) is 5.44. The Labute approximate surface area is 125 Å². The molecule has 1 aliphatic rings. The fourth-order valence-electron chi connectivity index (χ4n) is 2.41. The number of aryl methyl sites for hydroxylation is 1. The molecule has 0 unspecified atom stereocenters. The van der Waals surface area contributed by atoms with E-state index in [0.717, 1.165) is 12.1 Å². The van der Waals surface area contributed by atoms with Gasteiger partial charge in [-0.1, -0.05) is 0 Å². The number of nitrogens with one attached hydrogen (secondary N) is 1. The lowest BCUT2D eigenvalue weighted by molar-refractivity contribution is -0.141. The fourth-order valence-corrected chi connectivity index (χ4v) is 4.50. The number of amides is 1. The van der Waals surface area contributed by atoms with Gasteiger partial charge in [-0.05, 0) is 32.4 Å². The minimum absolute atomic E-state index is 0.00137. The van der Waals surface area contributed by atoms with Gasteiger partial charge in [0.05, 0.1) is 28.3 Å².